The van der Waals surface area contributed by atoms with Gasteiger partial charge in [0.1, 0.15) is 29.2 Å². The molecule has 0 aliphatic rings. The summed E-state index contributed by atoms with van der Waals surface area (Å²) in [6.45, 7) is 0. The van der Waals surface area contributed by atoms with Gasteiger partial charge in [-0.2, -0.15) is 0 Å². The lowest BCUT2D eigenvalue weighted by Crippen LogP contribution is -2.08. The summed E-state index contributed by atoms with van der Waals surface area (Å²) in [6, 6.07) is 15.5. The number of hydrogen-bond donors (Lipinski definition) is 0. The molecule has 0 radical (unpaired) electrons. The van der Waals surface area contributed by atoms with Crippen LogP contribution >= 0.6 is 11.6 Å². The van der Waals surface area contributed by atoms with E-state index in [0.29, 0.717) is 5.28 Å². The first-order valence-corrected chi connectivity index (χ1v) is 8.64. The highest BCUT2D eigenvalue weighted by atomic mass is 35.5. The first-order chi connectivity index (χ1) is 13.2. The molecule has 7 heteroatoms. The normalized spacial score (nSPS) is 10.8. The second kappa shape index (κ2) is 7.17. The van der Waals surface area contributed by atoms with Crippen molar-refractivity contribution < 1.29 is 9.47 Å². The molecule has 0 aliphatic heterocycles. The van der Waals surface area contributed by atoms with Crippen LogP contribution in [-0.4, -0.2) is 33.5 Å². The van der Waals surface area contributed by atoms with Gasteiger partial charge < -0.3 is 9.47 Å². The zero-order valence-electron chi connectivity index (χ0n) is 14.8. The lowest BCUT2D eigenvalue weighted by Gasteiger charge is -2.13. The van der Waals surface area contributed by atoms with Gasteiger partial charge in [-0.3, -0.25) is 0 Å². The number of halogens is 1. The molecular weight excluding hydrogens is 364 g/mol. The van der Waals surface area contributed by atoms with E-state index in [0.717, 1.165) is 34.0 Å². The van der Waals surface area contributed by atoms with E-state index in [9.17, 15) is 0 Å². The van der Waals surface area contributed by atoms with Crippen molar-refractivity contribution in [2.24, 2.45) is 0 Å². The topological polar surface area (TPSA) is 54.1 Å². The molecule has 0 N–H and O–H groups in total. The number of benzene rings is 2. The number of imidazole rings is 2. The van der Waals surface area contributed by atoms with Gasteiger partial charge in [0.2, 0.25) is 5.28 Å². The Morgan fingerprint density at radius 2 is 1.59 bits per heavy atom. The van der Waals surface area contributed by atoms with Crippen LogP contribution in [0.25, 0.3) is 22.5 Å². The smallest absolute Gasteiger partial charge is 0.223 e. The Balaban J connectivity index is 2.00. The van der Waals surface area contributed by atoms with Crippen molar-refractivity contribution >= 4 is 11.6 Å². The van der Waals surface area contributed by atoms with E-state index in [-0.39, 0.29) is 0 Å². The maximum Gasteiger partial charge on any atom is 0.223 e. The number of aromatic nitrogens is 4. The van der Waals surface area contributed by atoms with Crippen molar-refractivity contribution in [3.05, 3.63) is 72.5 Å². The van der Waals surface area contributed by atoms with E-state index < -0.39 is 0 Å². The molecule has 4 rings (SSSR count). The Morgan fingerprint density at radius 1 is 0.926 bits per heavy atom. The third kappa shape index (κ3) is 3.15. The number of hydrogen-bond acceptors (Lipinski definition) is 4. The first kappa shape index (κ1) is 17.2. The molecule has 6 nitrogen and oxygen atoms in total. The van der Waals surface area contributed by atoms with Gasteiger partial charge >= 0.3 is 0 Å². The fourth-order valence-electron chi connectivity index (χ4n) is 2.97. The quantitative estimate of drug-likeness (QED) is 0.515. The zero-order chi connectivity index (χ0) is 18.8. The molecule has 0 fully saturated rings. The van der Waals surface area contributed by atoms with Crippen molar-refractivity contribution in [2.45, 2.75) is 0 Å². The van der Waals surface area contributed by atoms with E-state index in [1.165, 1.54) is 0 Å². The van der Waals surface area contributed by atoms with Gasteiger partial charge in [0.15, 0.2) is 0 Å². The van der Waals surface area contributed by atoms with Gasteiger partial charge in [-0.25, -0.2) is 19.3 Å². The first-order valence-electron chi connectivity index (χ1n) is 8.27. The molecule has 0 spiro atoms. The maximum absolute atomic E-state index is 6.53. The third-order valence-electron chi connectivity index (χ3n) is 4.22. The van der Waals surface area contributed by atoms with Crippen LogP contribution < -0.4 is 9.47 Å². The molecule has 136 valence electrons. The zero-order valence-corrected chi connectivity index (χ0v) is 15.6. The Labute approximate surface area is 161 Å². The van der Waals surface area contributed by atoms with Crippen molar-refractivity contribution in [1.82, 2.24) is 19.3 Å². The summed E-state index contributed by atoms with van der Waals surface area (Å²) in [4.78, 5) is 8.76. The SMILES string of the molecule is COc1cccc(-c2nc(Cl)n(-n3ccnc3)c2-c2cccc(OC)c2)c1. The van der Waals surface area contributed by atoms with Gasteiger partial charge in [-0.05, 0) is 35.9 Å². The van der Waals surface area contributed by atoms with Crippen LogP contribution in [0.3, 0.4) is 0 Å². The van der Waals surface area contributed by atoms with Gasteiger partial charge in [-0.1, -0.05) is 24.3 Å². The maximum atomic E-state index is 6.53. The van der Waals surface area contributed by atoms with Crippen molar-refractivity contribution in [1.29, 1.82) is 0 Å². The minimum atomic E-state index is 0.323. The molecule has 27 heavy (non-hydrogen) atoms. The van der Waals surface area contributed by atoms with E-state index in [1.807, 2.05) is 54.7 Å². The van der Waals surface area contributed by atoms with Crippen LogP contribution in [0.2, 0.25) is 5.28 Å². The summed E-state index contributed by atoms with van der Waals surface area (Å²) < 4.78 is 14.3. The summed E-state index contributed by atoms with van der Waals surface area (Å²) in [7, 11) is 3.28. The van der Waals surface area contributed by atoms with Crippen molar-refractivity contribution in [3.63, 3.8) is 0 Å². The summed E-state index contributed by atoms with van der Waals surface area (Å²) in [6.07, 6.45) is 5.18. The fourth-order valence-corrected chi connectivity index (χ4v) is 3.22. The lowest BCUT2D eigenvalue weighted by molar-refractivity contribution is 0.415. The fraction of sp³-hybridized carbons (Fsp3) is 0.100. The Hall–Kier alpha value is -3.25. The van der Waals surface area contributed by atoms with Crippen LogP contribution in [0.4, 0.5) is 0 Å². The standard InChI is InChI=1S/C20H17ClN4O2/c1-26-16-7-3-5-14(11-16)18-19(15-6-4-8-17(12-15)27-2)25(20(21)23-18)24-10-9-22-13-24/h3-13H,1-2H3. The van der Waals surface area contributed by atoms with E-state index in [2.05, 4.69) is 9.97 Å². The Morgan fingerprint density at radius 3 is 2.22 bits per heavy atom. The largest absolute Gasteiger partial charge is 0.497 e. The second-order valence-corrected chi connectivity index (χ2v) is 6.13. The molecule has 2 aromatic heterocycles. The summed E-state index contributed by atoms with van der Waals surface area (Å²) >= 11 is 6.53. The average Bonchev–Trinajstić information content (AvgIpc) is 3.35. The highest BCUT2D eigenvalue weighted by Crippen LogP contribution is 2.36. The molecule has 0 unspecified atom stereocenters. The van der Waals surface area contributed by atoms with Crippen LogP contribution in [0.1, 0.15) is 0 Å². The van der Waals surface area contributed by atoms with E-state index in [4.69, 9.17) is 21.1 Å². The average molecular weight is 381 g/mol. The lowest BCUT2D eigenvalue weighted by atomic mass is 10.0. The summed E-state index contributed by atoms with van der Waals surface area (Å²) in [5.74, 6) is 1.50. The van der Waals surface area contributed by atoms with E-state index >= 15 is 0 Å². The molecule has 4 aromatic rings. The highest BCUT2D eigenvalue weighted by Gasteiger charge is 2.21. The molecular formula is C20H17ClN4O2. The van der Waals surface area contributed by atoms with Crippen molar-refractivity contribution in [3.8, 4) is 34.0 Å². The van der Waals surface area contributed by atoms with Crippen LogP contribution in [0.5, 0.6) is 11.5 Å². The van der Waals surface area contributed by atoms with Gasteiger partial charge in [0.05, 0.1) is 14.2 Å². The molecule has 2 heterocycles. The van der Waals surface area contributed by atoms with Gasteiger partial charge in [0, 0.05) is 23.5 Å². The molecule has 2 aromatic carbocycles. The predicted molar refractivity (Wildman–Crippen MR) is 104 cm³/mol. The minimum absolute atomic E-state index is 0.323. The monoisotopic (exact) mass is 380 g/mol. The predicted octanol–water partition coefficient (Wildman–Crippen LogP) is 4.40. The highest BCUT2D eigenvalue weighted by molar-refractivity contribution is 6.29. The summed E-state index contributed by atoms with van der Waals surface area (Å²) in [5.41, 5.74) is 3.37. The molecule has 0 amide bonds. The van der Waals surface area contributed by atoms with Crippen LogP contribution in [0.15, 0.2) is 67.3 Å². The number of rotatable bonds is 5. The van der Waals surface area contributed by atoms with Gasteiger partial charge in [-0.15, -0.1) is 0 Å². The molecule has 0 aliphatic carbocycles. The minimum Gasteiger partial charge on any atom is -0.497 e. The Bertz CT molecular complexity index is 1070. The number of methoxy groups -OCH3 is 2. The van der Waals surface area contributed by atoms with Crippen molar-refractivity contribution in [2.75, 3.05) is 14.2 Å². The number of ether oxygens (including phenoxy) is 2. The molecule has 0 saturated carbocycles. The van der Waals surface area contributed by atoms with Crippen LogP contribution in [0, 0.1) is 0 Å². The molecule has 0 bridgehead atoms. The van der Waals surface area contributed by atoms with E-state index in [1.54, 1.807) is 36.1 Å². The third-order valence-corrected chi connectivity index (χ3v) is 4.47. The van der Waals surface area contributed by atoms with Crippen LogP contribution in [-0.2, 0) is 0 Å². The molecule has 0 saturated heterocycles. The van der Waals surface area contributed by atoms with Gasteiger partial charge in [0.25, 0.3) is 0 Å². The molecule has 0 atom stereocenters. The number of nitrogens with zero attached hydrogens (tertiary/aromatic N) is 4. The second-order valence-electron chi connectivity index (χ2n) is 5.80. The Kier molecular flexibility index (Phi) is 4.56. The summed E-state index contributed by atoms with van der Waals surface area (Å²) in [5, 5.41) is 0.323.